The normalized spacial score (nSPS) is 34.8. The Morgan fingerprint density at radius 2 is 1.59 bits per heavy atom. The summed E-state index contributed by atoms with van der Waals surface area (Å²) in [7, 11) is 0. The van der Waals surface area contributed by atoms with Gasteiger partial charge in [0, 0.05) is 0 Å². The molecule has 5 atom stereocenters. The number of allylic oxidation sites excluding steroid dienone is 1. The molecule has 0 amide bonds. The summed E-state index contributed by atoms with van der Waals surface area (Å²) in [6, 6.07) is 0. The summed E-state index contributed by atoms with van der Waals surface area (Å²) in [4.78, 5) is 0. The number of fused-ring (bicyclic) bond motifs is 1. The fraction of sp³-hybridized carbons (Fsp3) is 0.846. The minimum absolute atomic E-state index is 0.0103. The van der Waals surface area contributed by atoms with Gasteiger partial charge in [0.2, 0.25) is 0 Å². The van der Waals surface area contributed by atoms with Crippen LogP contribution in [0.4, 0.5) is 0 Å². The summed E-state index contributed by atoms with van der Waals surface area (Å²) in [6.07, 6.45) is 12.8. The Kier molecular flexibility index (Phi) is 9.37. The van der Waals surface area contributed by atoms with E-state index in [0.29, 0.717) is 9.85 Å². The van der Waals surface area contributed by atoms with Crippen LogP contribution in [0.3, 0.4) is 0 Å². The molecule has 1 aliphatic heterocycles. The summed E-state index contributed by atoms with van der Waals surface area (Å²) < 4.78 is 11.5. The molecule has 2 nitrogen and oxygen atoms in total. The van der Waals surface area contributed by atoms with Gasteiger partial charge in [0.1, 0.15) is 0 Å². The van der Waals surface area contributed by atoms with E-state index in [-0.39, 0.29) is 11.5 Å². The van der Waals surface area contributed by atoms with Crippen LogP contribution >= 0.6 is 0 Å². The molecule has 0 bridgehead atoms. The molecule has 0 aromatic rings. The third-order valence-electron chi connectivity index (χ3n) is 8.46. The first-order valence-corrected chi connectivity index (χ1v) is 20.1. The van der Waals surface area contributed by atoms with Crippen LogP contribution in [0.25, 0.3) is 0 Å². The quantitative estimate of drug-likeness (QED) is 0.214. The van der Waals surface area contributed by atoms with Crippen molar-refractivity contribution < 1.29 is 9.84 Å². The summed E-state index contributed by atoms with van der Waals surface area (Å²) in [5, 5.41) is 11.9. The SMILES string of the molecule is C=C[C@H]1C[C@@]2(C)[C@H]([Sn]([CH2]CCC)([CH2]CCC)[CH2]CCC)C[C@@H](C(=C)C)C[C@@]2(O)O1. The van der Waals surface area contributed by atoms with Gasteiger partial charge < -0.3 is 0 Å². The van der Waals surface area contributed by atoms with Gasteiger partial charge in [-0.05, 0) is 0 Å². The third kappa shape index (κ3) is 5.17. The van der Waals surface area contributed by atoms with Gasteiger partial charge in [-0.2, -0.15) is 0 Å². The molecule has 29 heavy (non-hydrogen) atoms. The van der Waals surface area contributed by atoms with E-state index in [4.69, 9.17) is 4.74 Å². The molecule has 0 spiro atoms. The zero-order valence-electron chi connectivity index (χ0n) is 20.1. The maximum absolute atomic E-state index is 11.9. The van der Waals surface area contributed by atoms with Gasteiger partial charge in [-0.3, -0.25) is 0 Å². The zero-order valence-corrected chi connectivity index (χ0v) is 22.9. The van der Waals surface area contributed by atoms with Gasteiger partial charge in [0.05, 0.1) is 0 Å². The number of ether oxygens (including phenoxy) is 1. The van der Waals surface area contributed by atoms with E-state index < -0.39 is 24.2 Å². The predicted octanol–water partition coefficient (Wildman–Crippen LogP) is 7.86. The number of unbranched alkanes of at least 4 members (excludes halogenated alkanes) is 3. The van der Waals surface area contributed by atoms with Gasteiger partial charge in [0.25, 0.3) is 0 Å². The van der Waals surface area contributed by atoms with Gasteiger partial charge in [-0.25, -0.2) is 0 Å². The topological polar surface area (TPSA) is 29.5 Å². The standard InChI is InChI=1S/C14H21O2.3C4H9.Sn/c1-5-12-9-13(4)7-6-11(10(2)3)8-14(13,15)16-12;3*1-3-4-2;/h5,7,11-12,15H,1-2,6,8-9H2,3-4H3;3*1,3-4H2,2H3;/t11-,12+,13-,14-;;;;/m1..../s1. The average molecular weight is 511 g/mol. The van der Waals surface area contributed by atoms with Crippen LogP contribution < -0.4 is 0 Å². The van der Waals surface area contributed by atoms with Crippen molar-refractivity contribution in [1.82, 2.24) is 0 Å². The second kappa shape index (κ2) is 10.7. The van der Waals surface area contributed by atoms with Crippen molar-refractivity contribution in [3.05, 3.63) is 24.8 Å². The van der Waals surface area contributed by atoms with Gasteiger partial charge in [0.15, 0.2) is 0 Å². The second-order valence-corrected chi connectivity index (χ2v) is 24.6. The Balaban J connectivity index is 2.55. The molecule has 0 unspecified atom stereocenters. The molecule has 1 N–H and O–H groups in total. The fourth-order valence-corrected chi connectivity index (χ4v) is 27.8. The first kappa shape index (κ1) is 25.5. The van der Waals surface area contributed by atoms with Gasteiger partial charge >= 0.3 is 186 Å². The molecule has 0 aromatic heterocycles. The molecule has 1 saturated carbocycles. The summed E-state index contributed by atoms with van der Waals surface area (Å²) in [5.41, 5.74) is 1.11. The minimum atomic E-state index is -2.58. The second-order valence-electron chi connectivity index (χ2n) is 10.5. The van der Waals surface area contributed by atoms with Crippen molar-refractivity contribution in [3.63, 3.8) is 0 Å². The van der Waals surface area contributed by atoms with Crippen LogP contribution in [0.15, 0.2) is 24.8 Å². The molecule has 1 heterocycles. The van der Waals surface area contributed by atoms with Crippen molar-refractivity contribution in [2.24, 2.45) is 11.3 Å². The Hall–Kier alpha value is 0.199. The van der Waals surface area contributed by atoms with Crippen LogP contribution in [-0.4, -0.2) is 35.4 Å². The van der Waals surface area contributed by atoms with Crippen molar-refractivity contribution in [2.45, 2.75) is 122 Å². The summed E-state index contributed by atoms with van der Waals surface area (Å²) in [6.45, 7) is 19.9. The van der Waals surface area contributed by atoms with Crippen LogP contribution in [0.1, 0.15) is 92.4 Å². The molecule has 1 aliphatic carbocycles. The van der Waals surface area contributed by atoms with Crippen LogP contribution in [0.2, 0.25) is 17.2 Å². The van der Waals surface area contributed by atoms with Gasteiger partial charge in [-0.1, -0.05) is 0 Å². The van der Waals surface area contributed by atoms with E-state index in [2.05, 4.69) is 47.8 Å². The Morgan fingerprint density at radius 1 is 1.07 bits per heavy atom. The first-order valence-electron chi connectivity index (χ1n) is 12.4. The van der Waals surface area contributed by atoms with E-state index in [1.807, 2.05) is 6.08 Å². The third-order valence-corrected chi connectivity index (χ3v) is 26.7. The Morgan fingerprint density at radius 3 is 2.00 bits per heavy atom. The number of aliphatic hydroxyl groups is 1. The molecule has 2 rings (SSSR count). The molecule has 2 aliphatic rings. The summed E-state index contributed by atoms with van der Waals surface area (Å²) >= 11 is -2.58. The molecule has 3 heteroatoms. The first-order chi connectivity index (χ1) is 13.7. The number of rotatable bonds is 12. The van der Waals surface area contributed by atoms with Crippen LogP contribution in [0, 0.1) is 11.3 Å². The van der Waals surface area contributed by atoms with E-state index in [9.17, 15) is 5.11 Å². The van der Waals surface area contributed by atoms with Gasteiger partial charge in [-0.15, -0.1) is 0 Å². The van der Waals surface area contributed by atoms with E-state index in [0.717, 1.165) is 12.8 Å². The Labute approximate surface area is 185 Å². The molecular weight excluding hydrogens is 463 g/mol. The van der Waals surface area contributed by atoms with E-state index in [1.165, 1.54) is 63.8 Å². The van der Waals surface area contributed by atoms with Crippen molar-refractivity contribution in [2.75, 3.05) is 0 Å². The van der Waals surface area contributed by atoms with Crippen molar-refractivity contribution in [3.8, 4) is 0 Å². The average Bonchev–Trinajstić information content (AvgIpc) is 2.97. The summed E-state index contributed by atoms with van der Waals surface area (Å²) in [5.74, 6) is -0.617. The number of hydrogen-bond donors (Lipinski definition) is 1. The molecular formula is C26H48O2Sn. The Bertz CT molecular complexity index is 537. The van der Waals surface area contributed by atoms with E-state index >= 15 is 0 Å². The molecule has 168 valence electrons. The fourth-order valence-electron chi connectivity index (χ4n) is 6.58. The predicted molar refractivity (Wildman–Crippen MR) is 129 cm³/mol. The number of hydrogen-bond acceptors (Lipinski definition) is 2. The zero-order chi connectivity index (χ0) is 21.7. The van der Waals surface area contributed by atoms with E-state index in [1.54, 1.807) is 0 Å². The maximum atomic E-state index is 11.9. The van der Waals surface area contributed by atoms with Crippen molar-refractivity contribution >= 4 is 18.4 Å². The molecule has 2 fully saturated rings. The van der Waals surface area contributed by atoms with Crippen molar-refractivity contribution in [1.29, 1.82) is 0 Å². The molecule has 0 radical (unpaired) electrons. The molecule has 0 aromatic carbocycles. The van der Waals surface area contributed by atoms with Crippen LogP contribution in [-0.2, 0) is 4.74 Å². The molecule has 1 saturated heterocycles. The van der Waals surface area contributed by atoms with Crippen LogP contribution in [0.5, 0.6) is 0 Å². The monoisotopic (exact) mass is 512 g/mol.